The summed E-state index contributed by atoms with van der Waals surface area (Å²) in [4.78, 5) is 33.1. The van der Waals surface area contributed by atoms with E-state index in [1.165, 1.54) is 12.1 Å². The number of carbonyl (C=O) groups excluding carboxylic acids is 2. The zero-order valence-electron chi connectivity index (χ0n) is 23.2. The van der Waals surface area contributed by atoms with E-state index >= 15 is 0 Å². The van der Waals surface area contributed by atoms with Crippen LogP contribution in [0.4, 0.5) is 18.9 Å². The second-order valence-corrected chi connectivity index (χ2v) is 10.4. The maximum absolute atomic E-state index is 14.0. The normalized spacial score (nSPS) is 12.7. The predicted octanol–water partition coefficient (Wildman–Crippen LogP) is 7.02. The number of nitrogens with one attached hydrogen (secondary N) is 1. The van der Waals surface area contributed by atoms with Crippen molar-refractivity contribution in [3.05, 3.63) is 143 Å². The molecule has 2 aromatic heterocycles. The third kappa shape index (κ3) is 5.53. The average molecular weight is 581 g/mol. The Balaban J connectivity index is 1.31. The number of rotatable bonds is 5. The highest BCUT2D eigenvalue weighted by Crippen LogP contribution is 2.38. The zero-order valence-corrected chi connectivity index (χ0v) is 23.2. The number of hydrogen-bond donors (Lipinski definition) is 1. The van der Waals surface area contributed by atoms with E-state index in [-0.39, 0.29) is 30.5 Å². The molecule has 43 heavy (non-hydrogen) atoms. The number of aromatic nitrogens is 2. The molecule has 9 heteroatoms. The molecular formula is C34H27F3N4O2. The summed E-state index contributed by atoms with van der Waals surface area (Å²) in [6, 6.07) is 26.8. The summed E-state index contributed by atoms with van der Waals surface area (Å²) in [5, 5.41) is 2.92. The molecule has 1 aliphatic rings. The molecule has 0 radical (unpaired) electrons. The molecule has 0 atom stereocenters. The third-order valence-electron chi connectivity index (χ3n) is 7.63. The van der Waals surface area contributed by atoms with Crippen LogP contribution in [0.2, 0.25) is 0 Å². The first-order valence-electron chi connectivity index (χ1n) is 13.7. The Morgan fingerprint density at radius 3 is 2.40 bits per heavy atom. The highest BCUT2D eigenvalue weighted by atomic mass is 19.4. The minimum Gasteiger partial charge on any atom is -0.345 e. The minimum absolute atomic E-state index is 0.0679. The van der Waals surface area contributed by atoms with Gasteiger partial charge in [-0.15, -0.1) is 0 Å². The molecular weight excluding hydrogens is 553 g/mol. The van der Waals surface area contributed by atoms with Crippen molar-refractivity contribution in [2.75, 3.05) is 4.90 Å². The molecule has 5 aromatic rings. The maximum atomic E-state index is 14.0. The summed E-state index contributed by atoms with van der Waals surface area (Å²) in [6.07, 6.45) is -2.83. The summed E-state index contributed by atoms with van der Waals surface area (Å²) in [7, 11) is 0. The molecule has 0 saturated carbocycles. The van der Waals surface area contributed by atoms with Gasteiger partial charge in [0.15, 0.2) is 0 Å². The second-order valence-electron chi connectivity index (χ2n) is 10.4. The number of fused-ring (bicyclic) bond motifs is 2. The number of amides is 2. The molecule has 0 aliphatic carbocycles. The van der Waals surface area contributed by atoms with Crippen molar-refractivity contribution in [1.29, 1.82) is 0 Å². The van der Waals surface area contributed by atoms with Gasteiger partial charge in [-0.3, -0.25) is 14.6 Å². The molecule has 0 fully saturated rings. The highest BCUT2D eigenvalue weighted by molar-refractivity contribution is 6.07. The summed E-state index contributed by atoms with van der Waals surface area (Å²) in [5.74, 6) is -0.540. The smallest absolute Gasteiger partial charge is 0.345 e. The minimum atomic E-state index is -4.50. The molecule has 3 heterocycles. The van der Waals surface area contributed by atoms with Crippen LogP contribution in [0.1, 0.15) is 48.9 Å². The molecule has 0 saturated heterocycles. The number of benzene rings is 3. The molecule has 6 nitrogen and oxygen atoms in total. The van der Waals surface area contributed by atoms with Crippen molar-refractivity contribution < 1.29 is 22.8 Å². The van der Waals surface area contributed by atoms with Gasteiger partial charge in [-0.2, -0.15) is 13.2 Å². The first-order valence-corrected chi connectivity index (χ1v) is 13.7. The van der Waals surface area contributed by atoms with E-state index in [0.29, 0.717) is 34.6 Å². The molecule has 1 N–H and O–H groups in total. The van der Waals surface area contributed by atoms with Crippen molar-refractivity contribution in [2.24, 2.45) is 0 Å². The number of pyridine rings is 1. The Bertz CT molecular complexity index is 1830. The van der Waals surface area contributed by atoms with Gasteiger partial charge in [0.05, 0.1) is 30.9 Å². The number of anilines is 1. The lowest BCUT2D eigenvalue weighted by Gasteiger charge is -2.23. The lowest BCUT2D eigenvalue weighted by molar-refractivity contribution is -0.137. The Morgan fingerprint density at radius 2 is 1.63 bits per heavy atom. The van der Waals surface area contributed by atoms with Gasteiger partial charge in [-0.1, -0.05) is 48.5 Å². The van der Waals surface area contributed by atoms with E-state index in [0.717, 1.165) is 23.0 Å². The second kappa shape index (κ2) is 11.2. The number of halogens is 3. The van der Waals surface area contributed by atoms with Crippen LogP contribution in [-0.2, 0) is 25.8 Å². The Kier molecular flexibility index (Phi) is 7.31. The fraction of sp³-hybridized carbons (Fsp3) is 0.147. The van der Waals surface area contributed by atoms with Gasteiger partial charge in [-0.05, 0) is 77.7 Å². The van der Waals surface area contributed by atoms with E-state index < -0.39 is 11.7 Å². The third-order valence-corrected chi connectivity index (χ3v) is 7.63. The van der Waals surface area contributed by atoms with Crippen LogP contribution in [0, 0.1) is 6.92 Å². The topological polar surface area (TPSA) is 67.2 Å². The van der Waals surface area contributed by atoms with Gasteiger partial charge in [0.25, 0.3) is 11.8 Å². The zero-order chi connectivity index (χ0) is 30.1. The summed E-state index contributed by atoms with van der Waals surface area (Å²) < 4.78 is 43.0. The molecule has 6 rings (SSSR count). The van der Waals surface area contributed by atoms with Crippen LogP contribution in [0.15, 0.2) is 103 Å². The van der Waals surface area contributed by atoms with Crippen LogP contribution in [0.5, 0.6) is 0 Å². The number of hydrogen-bond acceptors (Lipinski definition) is 3. The Labute approximate surface area is 246 Å². The van der Waals surface area contributed by atoms with E-state index in [4.69, 9.17) is 0 Å². The number of aryl methyl sites for hydroxylation is 1. The van der Waals surface area contributed by atoms with E-state index in [1.807, 2.05) is 53.1 Å². The maximum Gasteiger partial charge on any atom is 0.417 e. The fourth-order valence-corrected chi connectivity index (χ4v) is 5.52. The van der Waals surface area contributed by atoms with Crippen LogP contribution in [0.25, 0.3) is 11.1 Å². The van der Waals surface area contributed by atoms with Gasteiger partial charge in [0.2, 0.25) is 0 Å². The largest absolute Gasteiger partial charge is 0.417 e. The first kappa shape index (κ1) is 28.0. The van der Waals surface area contributed by atoms with Gasteiger partial charge in [0, 0.05) is 23.1 Å². The van der Waals surface area contributed by atoms with Crippen molar-refractivity contribution in [2.45, 2.75) is 32.7 Å². The van der Waals surface area contributed by atoms with Crippen LogP contribution >= 0.6 is 0 Å². The number of nitrogens with zero attached hydrogens (tertiary/aromatic N) is 3. The predicted molar refractivity (Wildman–Crippen MR) is 158 cm³/mol. The SMILES string of the molecule is Cc1cc(C(=O)N2Cc3ccc(C(=O)NCc4ccccn4)n3Cc3ccccc32)ccc1-c1ccccc1C(F)(F)F. The monoisotopic (exact) mass is 580 g/mol. The van der Waals surface area contributed by atoms with Gasteiger partial charge >= 0.3 is 6.18 Å². The van der Waals surface area contributed by atoms with Crippen LogP contribution in [0.3, 0.4) is 0 Å². The van der Waals surface area contributed by atoms with Crippen molar-refractivity contribution in [3.63, 3.8) is 0 Å². The number of carbonyl (C=O) groups is 2. The fourth-order valence-electron chi connectivity index (χ4n) is 5.52. The lowest BCUT2D eigenvalue weighted by Crippen LogP contribution is -2.31. The summed E-state index contributed by atoms with van der Waals surface area (Å²) in [6.45, 7) is 2.59. The molecule has 0 spiro atoms. The van der Waals surface area contributed by atoms with E-state index in [1.54, 1.807) is 48.4 Å². The average Bonchev–Trinajstić information content (AvgIpc) is 3.32. The standard InChI is InChI=1S/C34H27F3N4O2/c1-22-18-23(13-15-27(22)28-10-3-4-11-29(28)34(35,36)37)33(43)41-21-26-14-16-31(32(42)39-19-25-9-6-7-17-38-25)40(26)20-24-8-2-5-12-30(24)41/h2-18H,19-21H2,1H3,(H,39,42). The van der Waals surface area contributed by atoms with Gasteiger partial charge in [0.1, 0.15) is 5.69 Å². The van der Waals surface area contributed by atoms with E-state index in [9.17, 15) is 22.8 Å². The molecule has 0 unspecified atom stereocenters. The summed E-state index contributed by atoms with van der Waals surface area (Å²) in [5.41, 5.74) is 4.22. The van der Waals surface area contributed by atoms with Crippen LogP contribution < -0.4 is 10.2 Å². The number of alkyl halides is 3. The lowest BCUT2D eigenvalue weighted by atomic mass is 9.94. The van der Waals surface area contributed by atoms with Gasteiger partial charge < -0.3 is 14.8 Å². The Morgan fingerprint density at radius 1 is 0.860 bits per heavy atom. The number of para-hydroxylation sites is 1. The Hall–Kier alpha value is -5.18. The first-order chi connectivity index (χ1) is 20.7. The van der Waals surface area contributed by atoms with Crippen molar-refractivity contribution in [3.8, 4) is 11.1 Å². The summed E-state index contributed by atoms with van der Waals surface area (Å²) >= 11 is 0. The quantitative estimate of drug-likeness (QED) is 0.243. The van der Waals surface area contributed by atoms with Crippen molar-refractivity contribution in [1.82, 2.24) is 14.9 Å². The van der Waals surface area contributed by atoms with Crippen LogP contribution in [-0.4, -0.2) is 21.4 Å². The molecule has 2 amide bonds. The molecule has 0 bridgehead atoms. The van der Waals surface area contributed by atoms with Crippen molar-refractivity contribution >= 4 is 17.5 Å². The van der Waals surface area contributed by atoms with Gasteiger partial charge in [-0.25, -0.2) is 0 Å². The highest BCUT2D eigenvalue weighted by Gasteiger charge is 2.34. The molecule has 216 valence electrons. The molecule has 3 aromatic carbocycles. The van der Waals surface area contributed by atoms with E-state index in [2.05, 4.69) is 10.3 Å². The molecule has 1 aliphatic heterocycles.